The highest BCUT2D eigenvalue weighted by molar-refractivity contribution is 5.92. The Hall–Kier alpha value is -1.57. The number of methoxy groups -OCH3 is 1. The molecule has 2 nitrogen and oxygen atoms in total. The molecular formula is C17H20O2. The van der Waals surface area contributed by atoms with Gasteiger partial charge in [-0.25, -0.2) is 0 Å². The molecule has 0 N–H and O–H groups in total. The van der Waals surface area contributed by atoms with Gasteiger partial charge in [-0.1, -0.05) is 25.5 Å². The van der Waals surface area contributed by atoms with E-state index in [1.807, 2.05) is 12.1 Å². The summed E-state index contributed by atoms with van der Waals surface area (Å²) in [5, 5.41) is 0. The van der Waals surface area contributed by atoms with Gasteiger partial charge in [0.25, 0.3) is 0 Å². The Kier molecular flexibility index (Phi) is 2.77. The van der Waals surface area contributed by atoms with Crippen LogP contribution in [0.5, 0.6) is 5.75 Å². The molecule has 2 aliphatic rings. The number of carbonyl (C=O) groups excluding carboxylic acids is 1. The Morgan fingerprint density at radius 2 is 2.11 bits per heavy atom. The fourth-order valence-electron chi connectivity index (χ4n) is 3.68. The number of hydrogen-bond donors (Lipinski definition) is 0. The molecule has 0 aliphatic heterocycles. The summed E-state index contributed by atoms with van der Waals surface area (Å²) < 4.78 is 5.32. The largest absolute Gasteiger partial charge is 0.497 e. The van der Waals surface area contributed by atoms with Crippen LogP contribution in [0.1, 0.15) is 37.8 Å². The van der Waals surface area contributed by atoms with Crippen LogP contribution in [-0.2, 0) is 16.6 Å². The first-order chi connectivity index (χ1) is 9.05. The van der Waals surface area contributed by atoms with Gasteiger partial charge in [0.2, 0.25) is 0 Å². The van der Waals surface area contributed by atoms with E-state index < -0.39 is 0 Å². The van der Waals surface area contributed by atoms with Crippen molar-refractivity contribution in [2.75, 3.05) is 7.11 Å². The van der Waals surface area contributed by atoms with Gasteiger partial charge in [0, 0.05) is 11.8 Å². The van der Waals surface area contributed by atoms with E-state index >= 15 is 0 Å². The summed E-state index contributed by atoms with van der Waals surface area (Å²) in [6, 6.07) is 6.38. The van der Waals surface area contributed by atoms with Crippen molar-refractivity contribution in [1.82, 2.24) is 0 Å². The third-order valence-corrected chi connectivity index (χ3v) is 5.03. The molecule has 0 spiro atoms. The number of ketones is 1. The zero-order chi connectivity index (χ0) is 13.6. The van der Waals surface area contributed by atoms with Crippen molar-refractivity contribution >= 4 is 5.78 Å². The highest BCUT2D eigenvalue weighted by atomic mass is 16.5. The van der Waals surface area contributed by atoms with Crippen LogP contribution in [-0.4, -0.2) is 12.9 Å². The molecule has 0 fully saturated rings. The molecule has 1 aromatic carbocycles. The lowest BCUT2D eigenvalue weighted by atomic mass is 9.58. The van der Waals surface area contributed by atoms with Crippen LogP contribution in [0.25, 0.3) is 0 Å². The molecule has 0 saturated heterocycles. The molecule has 2 heteroatoms. The van der Waals surface area contributed by atoms with Gasteiger partial charge in [-0.15, -0.1) is 0 Å². The normalized spacial score (nSPS) is 29.3. The van der Waals surface area contributed by atoms with Crippen molar-refractivity contribution in [3.8, 4) is 5.75 Å². The zero-order valence-corrected chi connectivity index (χ0v) is 11.8. The van der Waals surface area contributed by atoms with E-state index in [-0.39, 0.29) is 11.2 Å². The molecule has 0 radical (unpaired) electrons. The van der Waals surface area contributed by atoms with E-state index in [0.29, 0.717) is 12.3 Å². The maximum Gasteiger partial charge on any atom is 0.155 e. The van der Waals surface area contributed by atoms with Crippen LogP contribution in [0.15, 0.2) is 29.8 Å². The van der Waals surface area contributed by atoms with Crippen molar-refractivity contribution in [1.29, 1.82) is 0 Å². The minimum atomic E-state index is 0.0216. The predicted molar refractivity (Wildman–Crippen MR) is 75.5 cm³/mol. The van der Waals surface area contributed by atoms with Gasteiger partial charge in [0.15, 0.2) is 5.78 Å². The standard InChI is InChI=1S/C17H20O2/c1-11-8-14(18)10-13-5-4-12-9-15(19-3)6-7-16(12)17(11,13)2/h6-7,9-11H,4-5,8H2,1-3H3/t11-,17+/m0/s1. The monoisotopic (exact) mass is 256 g/mol. The number of carbonyl (C=O) groups is 1. The van der Waals surface area contributed by atoms with Crippen LogP contribution in [0.2, 0.25) is 0 Å². The SMILES string of the molecule is COc1ccc2c(c1)CCC1=CC(=O)C[C@H](C)[C@]12C. The van der Waals surface area contributed by atoms with Crippen molar-refractivity contribution in [3.05, 3.63) is 41.0 Å². The van der Waals surface area contributed by atoms with Gasteiger partial charge in [-0.2, -0.15) is 0 Å². The Balaban J connectivity index is 2.17. The van der Waals surface area contributed by atoms with Crippen LogP contribution >= 0.6 is 0 Å². The first-order valence-corrected chi connectivity index (χ1v) is 6.97. The molecule has 0 bridgehead atoms. The van der Waals surface area contributed by atoms with Crippen LogP contribution in [0.4, 0.5) is 0 Å². The molecule has 0 saturated carbocycles. The van der Waals surface area contributed by atoms with E-state index in [2.05, 4.69) is 26.0 Å². The number of aryl methyl sites for hydroxylation is 1. The molecule has 0 unspecified atom stereocenters. The lowest BCUT2D eigenvalue weighted by Crippen LogP contribution is -2.40. The molecule has 3 rings (SSSR count). The Bertz CT molecular complexity index is 571. The van der Waals surface area contributed by atoms with Gasteiger partial charge in [0.1, 0.15) is 5.75 Å². The fourth-order valence-corrected chi connectivity index (χ4v) is 3.68. The molecular weight excluding hydrogens is 236 g/mol. The summed E-state index contributed by atoms with van der Waals surface area (Å²) >= 11 is 0. The van der Waals surface area contributed by atoms with Crippen LogP contribution in [0, 0.1) is 5.92 Å². The minimum absolute atomic E-state index is 0.0216. The lowest BCUT2D eigenvalue weighted by molar-refractivity contribution is -0.116. The molecule has 100 valence electrons. The summed E-state index contributed by atoms with van der Waals surface area (Å²) in [5.74, 6) is 1.58. The zero-order valence-electron chi connectivity index (χ0n) is 11.8. The second-order valence-electron chi connectivity index (χ2n) is 5.97. The second-order valence-corrected chi connectivity index (χ2v) is 5.97. The lowest BCUT2D eigenvalue weighted by Gasteiger charge is -2.45. The van der Waals surface area contributed by atoms with Crippen LogP contribution < -0.4 is 4.74 Å². The van der Waals surface area contributed by atoms with E-state index in [0.717, 1.165) is 18.6 Å². The number of rotatable bonds is 1. The van der Waals surface area contributed by atoms with E-state index in [4.69, 9.17) is 4.74 Å². The Labute approximate surface area is 114 Å². The number of hydrogen-bond acceptors (Lipinski definition) is 2. The van der Waals surface area contributed by atoms with Gasteiger partial charge >= 0.3 is 0 Å². The van der Waals surface area contributed by atoms with E-state index in [1.54, 1.807) is 7.11 Å². The number of benzene rings is 1. The van der Waals surface area contributed by atoms with Gasteiger partial charge in [-0.05, 0) is 48.1 Å². The van der Waals surface area contributed by atoms with Crippen molar-refractivity contribution in [2.45, 2.75) is 38.5 Å². The second kappa shape index (κ2) is 4.22. The molecule has 2 aliphatic carbocycles. The summed E-state index contributed by atoms with van der Waals surface area (Å²) in [4.78, 5) is 11.8. The van der Waals surface area contributed by atoms with Gasteiger partial charge in [-0.3, -0.25) is 4.79 Å². The molecule has 0 amide bonds. The quantitative estimate of drug-likeness (QED) is 0.769. The van der Waals surface area contributed by atoms with Crippen LogP contribution in [0.3, 0.4) is 0 Å². The topological polar surface area (TPSA) is 26.3 Å². The number of allylic oxidation sites excluding steroid dienone is 2. The summed E-state index contributed by atoms with van der Waals surface area (Å²) in [6.07, 6.45) is 4.55. The van der Waals surface area contributed by atoms with E-state index in [9.17, 15) is 4.79 Å². The molecule has 19 heavy (non-hydrogen) atoms. The fraction of sp³-hybridized carbons (Fsp3) is 0.471. The summed E-state index contributed by atoms with van der Waals surface area (Å²) in [6.45, 7) is 4.49. The maximum atomic E-state index is 11.8. The number of ether oxygens (including phenoxy) is 1. The minimum Gasteiger partial charge on any atom is -0.497 e. The molecule has 1 aromatic rings. The smallest absolute Gasteiger partial charge is 0.155 e. The van der Waals surface area contributed by atoms with Crippen molar-refractivity contribution < 1.29 is 9.53 Å². The predicted octanol–water partition coefficient (Wildman–Crippen LogP) is 3.43. The molecule has 0 aromatic heterocycles. The molecule has 0 heterocycles. The average molecular weight is 256 g/mol. The third-order valence-electron chi connectivity index (χ3n) is 5.03. The summed E-state index contributed by atoms with van der Waals surface area (Å²) in [7, 11) is 1.71. The maximum absolute atomic E-state index is 11.8. The summed E-state index contributed by atoms with van der Waals surface area (Å²) in [5.41, 5.74) is 4.09. The van der Waals surface area contributed by atoms with Gasteiger partial charge < -0.3 is 4.74 Å². The van der Waals surface area contributed by atoms with Gasteiger partial charge in [0.05, 0.1) is 7.11 Å². The average Bonchev–Trinajstić information content (AvgIpc) is 2.40. The third kappa shape index (κ3) is 1.73. The first-order valence-electron chi connectivity index (χ1n) is 6.97. The van der Waals surface area contributed by atoms with Crippen molar-refractivity contribution in [3.63, 3.8) is 0 Å². The Morgan fingerprint density at radius 1 is 1.32 bits per heavy atom. The first kappa shape index (κ1) is 12.5. The molecule has 2 atom stereocenters. The highest BCUT2D eigenvalue weighted by Gasteiger charge is 2.43. The number of fused-ring (bicyclic) bond motifs is 3. The Morgan fingerprint density at radius 3 is 2.84 bits per heavy atom. The highest BCUT2D eigenvalue weighted by Crippen LogP contribution is 2.49. The van der Waals surface area contributed by atoms with E-state index in [1.165, 1.54) is 16.7 Å². The van der Waals surface area contributed by atoms with Crippen molar-refractivity contribution in [2.24, 2.45) is 5.92 Å².